The van der Waals surface area contributed by atoms with Gasteiger partial charge in [0.15, 0.2) is 0 Å². The van der Waals surface area contributed by atoms with Crippen LogP contribution in [-0.4, -0.2) is 28.1 Å². The van der Waals surface area contributed by atoms with Crippen LogP contribution in [0.3, 0.4) is 0 Å². The van der Waals surface area contributed by atoms with E-state index in [1.54, 1.807) is 6.20 Å². The zero-order valence-corrected chi connectivity index (χ0v) is 9.13. The number of dihydropyridines is 1. The Bertz CT molecular complexity index is 412. The van der Waals surface area contributed by atoms with Gasteiger partial charge in [-0.05, 0) is 36.5 Å². The van der Waals surface area contributed by atoms with E-state index in [2.05, 4.69) is 21.3 Å². The Labute approximate surface area is 94.8 Å². The number of nitrogens with zero attached hydrogens (tertiary/aromatic N) is 3. The minimum Gasteiger partial charge on any atom is -0.392 e. The number of rotatable bonds is 4. The largest absolute Gasteiger partial charge is 0.392 e. The molecule has 2 heterocycles. The van der Waals surface area contributed by atoms with Gasteiger partial charge in [0.05, 0.1) is 18.5 Å². The molecule has 2 rings (SSSR count). The molecule has 0 amide bonds. The number of aliphatic hydroxyl groups is 1. The first-order chi connectivity index (χ1) is 7.88. The number of allylic oxidation sites excluding steroid dienone is 1. The van der Waals surface area contributed by atoms with Crippen molar-refractivity contribution >= 4 is 6.21 Å². The van der Waals surface area contributed by atoms with Crippen LogP contribution >= 0.6 is 0 Å². The highest BCUT2D eigenvalue weighted by Crippen LogP contribution is 2.10. The maximum Gasteiger partial charge on any atom is 0.0698 e. The summed E-state index contributed by atoms with van der Waals surface area (Å²) in [5.74, 6) is 0. The average molecular weight is 217 g/mol. The molecule has 84 valence electrons. The molecule has 0 atom stereocenters. The maximum atomic E-state index is 8.98. The van der Waals surface area contributed by atoms with Crippen molar-refractivity contribution in [3.05, 3.63) is 35.2 Å². The molecule has 4 heteroatoms. The van der Waals surface area contributed by atoms with Gasteiger partial charge >= 0.3 is 0 Å². The van der Waals surface area contributed by atoms with Gasteiger partial charge in [-0.15, -0.1) is 0 Å². The van der Waals surface area contributed by atoms with Crippen molar-refractivity contribution in [1.29, 1.82) is 0 Å². The second-order valence-electron chi connectivity index (χ2n) is 3.82. The lowest BCUT2D eigenvalue weighted by molar-refractivity contribution is 0.281. The van der Waals surface area contributed by atoms with Gasteiger partial charge in [0.1, 0.15) is 0 Å². The van der Waals surface area contributed by atoms with Crippen LogP contribution in [0.2, 0.25) is 0 Å². The second-order valence-corrected chi connectivity index (χ2v) is 3.82. The van der Waals surface area contributed by atoms with Gasteiger partial charge < -0.3 is 5.11 Å². The van der Waals surface area contributed by atoms with Crippen LogP contribution in [-0.2, 0) is 13.0 Å². The van der Waals surface area contributed by atoms with Crippen molar-refractivity contribution in [1.82, 2.24) is 10.2 Å². The highest BCUT2D eigenvalue weighted by atomic mass is 16.3. The average Bonchev–Trinajstić information content (AvgIpc) is 2.38. The van der Waals surface area contributed by atoms with Gasteiger partial charge in [-0.25, -0.2) is 0 Å². The van der Waals surface area contributed by atoms with E-state index in [1.165, 1.54) is 5.57 Å². The quantitative estimate of drug-likeness (QED) is 0.827. The molecule has 1 aliphatic rings. The fourth-order valence-electron chi connectivity index (χ4n) is 1.66. The van der Waals surface area contributed by atoms with Gasteiger partial charge in [0.2, 0.25) is 0 Å². The minimum absolute atomic E-state index is 0.0205. The summed E-state index contributed by atoms with van der Waals surface area (Å²) in [5, 5.41) is 16.9. The van der Waals surface area contributed by atoms with Crippen molar-refractivity contribution < 1.29 is 5.11 Å². The zero-order valence-electron chi connectivity index (χ0n) is 9.13. The van der Waals surface area contributed by atoms with Gasteiger partial charge in [-0.1, -0.05) is 6.08 Å². The molecular weight excluding hydrogens is 202 g/mol. The van der Waals surface area contributed by atoms with Crippen molar-refractivity contribution in [3.63, 3.8) is 0 Å². The first-order valence-corrected chi connectivity index (χ1v) is 5.48. The molecule has 0 aliphatic carbocycles. The van der Waals surface area contributed by atoms with E-state index in [-0.39, 0.29) is 6.61 Å². The first-order valence-electron chi connectivity index (χ1n) is 5.48. The third-order valence-corrected chi connectivity index (χ3v) is 2.54. The summed E-state index contributed by atoms with van der Waals surface area (Å²) in [7, 11) is 0. The summed E-state index contributed by atoms with van der Waals surface area (Å²) < 4.78 is 0. The zero-order chi connectivity index (χ0) is 11.2. The van der Waals surface area contributed by atoms with Gasteiger partial charge in [-0.2, -0.15) is 10.2 Å². The van der Waals surface area contributed by atoms with Gasteiger partial charge in [-0.3, -0.25) is 4.99 Å². The molecule has 0 fully saturated rings. The molecule has 0 saturated heterocycles. The number of aliphatic hydroxyl groups excluding tert-OH is 1. The van der Waals surface area contributed by atoms with E-state index in [9.17, 15) is 0 Å². The van der Waals surface area contributed by atoms with E-state index in [0.717, 1.165) is 37.1 Å². The van der Waals surface area contributed by atoms with Crippen LogP contribution in [0.1, 0.15) is 24.1 Å². The molecule has 0 saturated carbocycles. The fraction of sp³-hybridized carbons (Fsp3) is 0.417. The maximum absolute atomic E-state index is 8.98. The number of hydrogen-bond donors (Lipinski definition) is 1. The summed E-state index contributed by atoms with van der Waals surface area (Å²) in [6.45, 7) is 0.927. The van der Waals surface area contributed by atoms with Crippen molar-refractivity contribution in [3.8, 4) is 0 Å². The number of hydrogen-bond acceptors (Lipinski definition) is 4. The Kier molecular flexibility index (Phi) is 3.77. The fourth-order valence-corrected chi connectivity index (χ4v) is 1.66. The van der Waals surface area contributed by atoms with E-state index < -0.39 is 0 Å². The predicted octanol–water partition coefficient (Wildman–Crippen LogP) is 1.30. The highest BCUT2D eigenvalue weighted by Gasteiger charge is 2.02. The SMILES string of the molecule is OCc1cnnc(CCC2=CCCN=C2)c1. The van der Waals surface area contributed by atoms with Crippen molar-refractivity contribution in [2.75, 3.05) is 6.54 Å². The third-order valence-electron chi connectivity index (χ3n) is 2.54. The van der Waals surface area contributed by atoms with Crippen molar-refractivity contribution in [2.24, 2.45) is 4.99 Å². The standard InChI is InChI=1S/C12H15N3O/c16-9-11-6-12(15-14-8-11)4-3-10-2-1-5-13-7-10/h2,6-8,16H,1,3-5,9H2. The van der Waals surface area contributed by atoms with Crippen LogP contribution in [0, 0.1) is 0 Å². The summed E-state index contributed by atoms with van der Waals surface area (Å²) in [4.78, 5) is 4.24. The predicted molar refractivity (Wildman–Crippen MR) is 62.3 cm³/mol. The minimum atomic E-state index is 0.0205. The van der Waals surface area contributed by atoms with Crippen LogP contribution in [0.5, 0.6) is 0 Å². The molecule has 0 spiro atoms. The van der Waals surface area contributed by atoms with E-state index in [0.29, 0.717) is 0 Å². The Morgan fingerprint density at radius 1 is 1.31 bits per heavy atom. The Morgan fingerprint density at radius 3 is 3.00 bits per heavy atom. The van der Waals surface area contributed by atoms with Crippen LogP contribution in [0.25, 0.3) is 0 Å². The van der Waals surface area contributed by atoms with Gasteiger partial charge in [0, 0.05) is 12.8 Å². The molecule has 0 bridgehead atoms. The summed E-state index contributed by atoms with van der Waals surface area (Å²) in [5.41, 5.74) is 3.00. The van der Waals surface area contributed by atoms with Crippen molar-refractivity contribution in [2.45, 2.75) is 25.9 Å². The molecule has 4 nitrogen and oxygen atoms in total. The molecular formula is C12H15N3O. The lowest BCUT2D eigenvalue weighted by Crippen LogP contribution is -2.00. The number of aryl methyl sites for hydroxylation is 1. The second kappa shape index (κ2) is 5.51. The summed E-state index contributed by atoms with van der Waals surface area (Å²) in [6, 6.07) is 1.90. The number of aliphatic imine (C=N–C) groups is 1. The van der Waals surface area contributed by atoms with Crippen LogP contribution in [0.4, 0.5) is 0 Å². The number of aromatic nitrogens is 2. The highest BCUT2D eigenvalue weighted by molar-refractivity contribution is 5.79. The topological polar surface area (TPSA) is 58.4 Å². The summed E-state index contributed by atoms with van der Waals surface area (Å²) >= 11 is 0. The molecule has 1 N–H and O–H groups in total. The molecule has 0 unspecified atom stereocenters. The smallest absolute Gasteiger partial charge is 0.0698 e. The van der Waals surface area contributed by atoms with E-state index in [4.69, 9.17) is 5.11 Å². The molecule has 16 heavy (non-hydrogen) atoms. The molecule has 1 aromatic heterocycles. The van der Waals surface area contributed by atoms with E-state index in [1.807, 2.05) is 12.3 Å². The van der Waals surface area contributed by atoms with Crippen LogP contribution in [0.15, 0.2) is 28.9 Å². The lowest BCUT2D eigenvalue weighted by atomic mass is 10.1. The third kappa shape index (κ3) is 2.97. The molecule has 1 aromatic rings. The summed E-state index contributed by atoms with van der Waals surface area (Å²) in [6.07, 6.45) is 8.56. The first kappa shape index (κ1) is 11.0. The Morgan fingerprint density at radius 2 is 2.25 bits per heavy atom. The normalized spacial score (nSPS) is 14.9. The molecule has 0 aromatic carbocycles. The van der Waals surface area contributed by atoms with E-state index >= 15 is 0 Å². The molecule has 1 aliphatic heterocycles. The van der Waals surface area contributed by atoms with Gasteiger partial charge in [0.25, 0.3) is 0 Å². The molecule has 0 radical (unpaired) electrons. The Hall–Kier alpha value is -1.55. The van der Waals surface area contributed by atoms with Crippen LogP contribution < -0.4 is 0 Å². The monoisotopic (exact) mass is 217 g/mol. The lowest BCUT2D eigenvalue weighted by Gasteiger charge is -2.06. The Balaban J connectivity index is 1.93.